The minimum atomic E-state index is -3.29. The van der Waals surface area contributed by atoms with Crippen molar-refractivity contribution in [3.63, 3.8) is 0 Å². The van der Waals surface area contributed by atoms with Crippen molar-refractivity contribution < 1.29 is 8.42 Å². The van der Waals surface area contributed by atoms with Crippen LogP contribution < -0.4 is 15.4 Å². The molecule has 0 aliphatic carbocycles. The molecule has 9 heteroatoms. The SMILES string of the molecule is CN=C(NCCN1CCCCC1)NCc1ccc(CS(=O)(=O)NC(C)C)cc1.I. The molecule has 0 unspecified atom stereocenters. The Hall–Kier alpha value is -0.910. The highest BCUT2D eigenvalue weighted by Gasteiger charge is 2.13. The lowest BCUT2D eigenvalue weighted by atomic mass is 10.1. The number of aliphatic imine (C=N–C) groups is 1. The Balaban J connectivity index is 0.00000420. The summed E-state index contributed by atoms with van der Waals surface area (Å²) in [5, 5.41) is 6.66. The van der Waals surface area contributed by atoms with E-state index >= 15 is 0 Å². The third-order valence-corrected chi connectivity index (χ3v) is 6.19. The van der Waals surface area contributed by atoms with Gasteiger partial charge in [0.05, 0.1) is 5.75 Å². The number of likely N-dealkylation sites (tertiary alicyclic amines) is 1. The Morgan fingerprint density at radius 3 is 2.28 bits per heavy atom. The second kappa shape index (κ2) is 13.4. The van der Waals surface area contributed by atoms with Crippen molar-refractivity contribution in [1.29, 1.82) is 0 Å². The summed E-state index contributed by atoms with van der Waals surface area (Å²) in [6.45, 7) is 8.58. The number of nitrogens with zero attached hydrogens (tertiary/aromatic N) is 2. The molecular formula is C20H36IN5O2S. The van der Waals surface area contributed by atoms with Gasteiger partial charge in [0.1, 0.15) is 0 Å². The van der Waals surface area contributed by atoms with Crippen LogP contribution in [0, 0.1) is 0 Å². The van der Waals surface area contributed by atoms with Gasteiger partial charge < -0.3 is 15.5 Å². The summed E-state index contributed by atoms with van der Waals surface area (Å²) in [4.78, 5) is 6.76. The van der Waals surface area contributed by atoms with E-state index < -0.39 is 10.0 Å². The molecule has 29 heavy (non-hydrogen) atoms. The van der Waals surface area contributed by atoms with E-state index in [2.05, 4.69) is 25.2 Å². The lowest BCUT2D eigenvalue weighted by molar-refractivity contribution is 0.232. The second-order valence-electron chi connectivity index (χ2n) is 7.60. The van der Waals surface area contributed by atoms with E-state index in [0.717, 1.165) is 30.2 Å². The highest BCUT2D eigenvalue weighted by atomic mass is 127. The fraction of sp³-hybridized carbons (Fsp3) is 0.650. The third kappa shape index (κ3) is 10.6. The van der Waals surface area contributed by atoms with E-state index in [1.165, 1.54) is 32.4 Å². The molecule has 0 saturated carbocycles. The van der Waals surface area contributed by atoms with E-state index in [-0.39, 0.29) is 35.8 Å². The van der Waals surface area contributed by atoms with Gasteiger partial charge in [0.2, 0.25) is 10.0 Å². The van der Waals surface area contributed by atoms with Gasteiger partial charge in [-0.05, 0) is 50.9 Å². The van der Waals surface area contributed by atoms with E-state index in [0.29, 0.717) is 6.54 Å². The first-order chi connectivity index (χ1) is 13.4. The second-order valence-corrected chi connectivity index (χ2v) is 9.36. The number of benzene rings is 1. The van der Waals surface area contributed by atoms with E-state index in [4.69, 9.17) is 0 Å². The number of halogens is 1. The summed E-state index contributed by atoms with van der Waals surface area (Å²) in [5.41, 5.74) is 1.86. The highest BCUT2D eigenvalue weighted by Crippen LogP contribution is 2.09. The fourth-order valence-electron chi connectivity index (χ4n) is 3.30. The summed E-state index contributed by atoms with van der Waals surface area (Å²) in [7, 11) is -1.53. The summed E-state index contributed by atoms with van der Waals surface area (Å²) >= 11 is 0. The summed E-state index contributed by atoms with van der Waals surface area (Å²) < 4.78 is 26.6. The molecule has 1 fully saturated rings. The Morgan fingerprint density at radius 1 is 1.07 bits per heavy atom. The van der Waals surface area contributed by atoms with Gasteiger partial charge in [-0.3, -0.25) is 4.99 Å². The van der Waals surface area contributed by atoms with Crippen LogP contribution in [0.5, 0.6) is 0 Å². The van der Waals surface area contributed by atoms with Crippen LogP contribution in [0.2, 0.25) is 0 Å². The molecule has 7 nitrogen and oxygen atoms in total. The smallest absolute Gasteiger partial charge is 0.216 e. The average Bonchev–Trinajstić information content (AvgIpc) is 2.65. The first kappa shape index (κ1) is 26.1. The molecule has 0 radical (unpaired) electrons. The largest absolute Gasteiger partial charge is 0.355 e. The van der Waals surface area contributed by atoms with Crippen molar-refractivity contribution in [3.8, 4) is 0 Å². The third-order valence-electron chi connectivity index (χ3n) is 4.65. The molecule has 0 spiro atoms. The maximum Gasteiger partial charge on any atom is 0.216 e. The number of piperidine rings is 1. The van der Waals surface area contributed by atoms with Gasteiger partial charge in [-0.1, -0.05) is 30.7 Å². The van der Waals surface area contributed by atoms with Crippen LogP contribution in [0.15, 0.2) is 29.3 Å². The topological polar surface area (TPSA) is 85.8 Å². The van der Waals surface area contributed by atoms with Crippen molar-refractivity contribution in [1.82, 2.24) is 20.3 Å². The average molecular weight is 538 g/mol. The van der Waals surface area contributed by atoms with Crippen LogP contribution >= 0.6 is 24.0 Å². The maximum absolute atomic E-state index is 12.0. The molecule has 0 bridgehead atoms. The summed E-state index contributed by atoms with van der Waals surface area (Å²) in [6.07, 6.45) is 3.96. The molecular weight excluding hydrogens is 501 g/mol. The lowest BCUT2D eigenvalue weighted by Crippen LogP contribution is -2.42. The normalized spacial score (nSPS) is 15.8. The number of nitrogens with one attached hydrogen (secondary N) is 3. The van der Waals surface area contributed by atoms with Crippen LogP contribution in [0.1, 0.15) is 44.2 Å². The number of hydrogen-bond acceptors (Lipinski definition) is 4. The summed E-state index contributed by atoms with van der Waals surface area (Å²) in [6, 6.07) is 7.54. The van der Waals surface area contributed by atoms with Crippen molar-refractivity contribution in [2.75, 3.05) is 33.2 Å². The van der Waals surface area contributed by atoms with Gasteiger partial charge in [0.15, 0.2) is 5.96 Å². The monoisotopic (exact) mass is 537 g/mol. The molecule has 3 N–H and O–H groups in total. The Labute approximate surface area is 193 Å². The molecule has 1 aromatic rings. The molecule has 1 saturated heterocycles. The van der Waals surface area contributed by atoms with Crippen molar-refractivity contribution in [3.05, 3.63) is 35.4 Å². The minimum Gasteiger partial charge on any atom is -0.355 e. The predicted molar refractivity (Wildman–Crippen MR) is 131 cm³/mol. The molecule has 166 valence electrons. The zero-order valence-electron chi connectivity index (χ0n) is 17.8. The highest BCUT2D eigenvalue weighted by molar-refractivity contribution is 14.0. The zero-order chi connectivity index (χ0) is 20.4. The first-order valence-corrected chi connectivity index (χ1v) is 11.8. The maximum atomic E-state index is 12.0. The fourth-order valence-corrected chi connectivity index (χ4v) is 4.73. The van der Waals surface area contributed by atoms with Gasteiger partial charge in [-0.15, -0.1) is 24.0 Å². The molecule has 0 aromatic heterocycles. The van der Waals surface area contributed by atoms with Crippen LogP contribution in [0.25, 0.3) is 0 Å². The molecule has 0 atom stereocenters. The lowest BCUT2D eigenvalue weighted by Gasteiger charge is -2.26. The Kier molecular flexibility index (Phi) is 12.1. The Morgan fingerprint density at radius 2 is 1.69 bits per heavy atom. The molecule has 1 heterocycles. The predicted octanol–water partition coefficient (Wildman–Crippen LogP) is 2.28. The molecule has 2 rings (SSSR count). The quantitative estimate of drug-likeness (QED) is 0.256. The van der Waals surface area contributed by atoms with Crippen LogP contribution in [-0.4, -0.2) is 58.5 Å². The van der Waals surface area contributed by atoms with Crippen LogP contribution in [0.4, 0.5) is 0 Å². The van der Waals surface area contributed by atoms with Gasteiger partial charge >= 0.3 is 0 Å². The van der Waals surface area contributed by atoms with Crippen molar-refractivity contribution in [2.45, 2.75) is 51.4 Å². The molecule has 0 amide bonds. The van der Waals surface area contributed by atoms with Gasteiger partial charge in [0.25, 0.3) is 0 Å². The van der Waals surface area contributed by atoms with Crippen LogP contribution in [-0.2, 0) is 22.3 Å². The number of rotatable bonds is 9. The Bertz CT molecular complexity index is 717. The summed E-state index contributed by atoms with van der Waals surface area (Å²) in [5.74, 6) is 0.781. The number of guanidine groups is 1. The minimum absolute atomic E-state index is 0. The molecule has 1 aliphatic heterocycles. The van der Waals surface area contributed by atoms with Gasteiger partial charge in [-0.2, -0.15) is 0 Å². The van der Waals surface area contributed by atoms with Crippen molar-refractivity contribution in [2.24, 2.45) is 4.99 Å². The van der Waals surface area contributed by atoms with E-state index in [9.17, 15) is 8.42 Å². The standard InChI is InChI=1S/C20H35N5O2S.HI/c1-17(2)24-28(26,27)16-19-9-7-18(8-10-19)15-23-20(21-3)22-11-14-25-12-5-4-6-13-25;/h7-10,17,24H,4-6,11-16H2,1-3H3,(H2,21,22,23);1H. The molecule has 1 aromatic carbocycles. The van der Waals surface area contributed by atoms with Crippen molar-refractivity contribution >= 4 is 40.0 Å². The van der Waals surface area contributed by atoms with Gasteiger partial charge in [-0.25, -0.2) is 13.1 Å². The van der Waals surface area contributed by atoms with Crippen LogP contribution in [0.3, 0.4) is 0 Å². The van der Waals surface area contributed by atoms with E-state index in [1.807, 2.05) is 38.1 Å². The zero-order valence-corrected chi connectivity index (χ0v) is 20.9. The number of sulfonamides is 1. The van der Waals surface area contributed by atoms with E-state index in [1.54, 1.807) is 7.05 Å². The van der Waals surface area contributed by atoms with Gasteiger partial charge in [0, 0.05) is 32.7 Å². The molecule has 1 aliphatic rings. The number of hydrogen-bond donors (Lipinski definition) is 3. The first-order valence-electron chi connectivity index (χ1n) is 10.1.